The molecule has 2 fully saturated rings. The van der Waals surface area contributed by atoms with Crippen LogP contribution in [0.5, 0.6) is 0 Å². The normalized spacial score (nSPS) is 17.9. The molecule has 7 heteroatoms. The minimum Gasteiger partial charge on any atom is -0.324 e. The molecular weight excluding hydrogens is 376 g/mol. The summed E-state index contributed by atoms with van der Waals surface area (Å²) in [7, 11) is 0. The highest BCUT2D eigenvalue weighted by Crippen LogP contribution is 2.39. The zero-order valence-electron chi connectivity index (χ0n) is 12.5. The second-order valence-electron chi connectivity index (χ2n) is 6.23. The molecular formula is C16H17BrN4OS. The van der Waals surface area contributed by atoms with Gasteiger partial charge in [0.15, 0.2) is 0 Å². The Labute approximate surface area is 147 Å². The summed E-state index contributed by atoms with van der Waals surface area (Å²) in [4.78, 5) is 18.4. The van der Waals surface area contributed by atoms with Gasteiger partial charge in [-0.05, 0) is 36.8 Å². The molecule has 23 heavy (non-hydrogen) atoms. The Balaban J connectivity index is 1.27. The molecule has 2 amide bonds. The van der Waals surface area contributed by atoms with Gasteiger partial charge >= 0.3 is 6.03 Å². The van der Waals surface area contributed by atoms with E-state index in [-0.39, 0.29) is 6.03 Å². The molecule has 4 rings (SSSR count). The topological polar surface area (TPSA) is 58.1 Å². The number of aromatic nitrogens is 2. The molecule has 1 aliphatic heterocycles. The predicted molar refractivity (Wildman–Crippen MR) is 93.8 cm³/mol. The molecule has 1 N–H and O–H groups in total. The van der Waals surface area contributed by atoms with E-state index < -0.39 is 0 Å². The quantitative estimate of drug-likeness (QED) is 0.858. The monoisotopic (exact) mass is 392 g/mol. The largest absolute Gasteiger partial charge is 0.324 e. The zero-order chi connectivity index (χ0) is 15.8. The number of nitrogens with one attached hydrogen (secondary N) is 1. The molecule has 2 aliphatic rings. The molecule has 1 aliphatic carbocycles. The fraction of sp³-hybridized carbons (Fsp3) is 0.438. The number of likely N-dealkylation sites (tertiary alicyclic amines) is 1. The van der Waals surface area contributed by atoms with Gasteiger partial charge in [0.05, 0.1) is 0 Å². The number of halogens is 1. The van der Waals surface area contributed by atoms with Crippen molar-refractivity contribution >= 4 is 38.6 Å². The molecule has 1 saturated carbocycles. The first-order valence-corrected chi connectivity index (χ1v) is 9.38. The first-order valence-electron chi connectivity index (χ1n) is 7.82. The van der Waals surface area contributed by atoms with E-state index in [9.17, 15) is 4.79 Å². The number of nitrogens with zero attached hydrogens (tertiary/aromatic N) is 3. The Hall–Kier alpha value is -1.47. The van der Waals surface area contributed by atoms with Crippen LogP contribution in [0.15, 0.2) is 28.7 Å². The fourth-order valence-electron chi connectivity index (χ4n) is 2.80. The number of anilines is 1. The lowest BCUT2D eigenvalue weighted by Crippen LogP contribution is -2.52. The van der Waals surface area contributed by atoms with Crippen molar-refractivity contribution in [1.29, 1.82) is 0 Å². The van der Waals surface area contributed by atoms with Crippen molar-refractivity contribution in [3.05, 3.63) is 40.1 Å². The minimum atomic E-state index is -0.0631. The number of carbonyl (C=O) groups is 1. The fourth-order valence-corrected chi connectivity index (χ4v) is 3.89. The van der Waals surface area contributed by atoms with Crippen LogP contribution < -0.4 is 5.32 Å². The number of hydrogen-bond donors (Lipinski definition) is 1. The summed E-state index contributed by atoms with van der Waals surface area (Å²) in [6.07, 6.45) is 3.34. The Morgan fingerprint density at radius 2 is 2.13 bits per heavy atom. The van der Waals surface area contributed by atoms with Crippen molar-refractivity contribution in [3.8, 4) is 0 Å². The summed E-state index contributed by atoms with van der Waals surface area (Å²) in [5.74, 6) is 1.94. The number of amides is 2. The van der Waals surface area contributed by atoms with Gasteiger partial charge in [-0.2, -0.15) is 4.37 Å². The van der Waals surface area contributed by atoms with E-state index in [1.165, 1.54) is 29.9 Å². The van der Waals surface area contributed by atoms with Crippen LogP contribution in [0, 0.1) is 5.92 Å². The number of hydrogen-bond acceptors (Lipinski definition) is 4. The van der Waals surface area contributed by atoms with Crippen molar-refractivity contribution in [1.82, 2.24) is 14.3 Å². The first-order chi connectivity index (χ1) is 11.2. The number of rotatable bonds is 4. The third-order valence-electron chi connectivity index (χ3n) is 4.31. The van der Waals surface area contributed by atoms with Crippen molar-refractivity contribution < 1.29 is 4.79 Å². The zero-order valence-corrected chi connectivity index (χ0v) is 14.9. The number of benzene rings is 1. The first kappa shape index (κ1) is 15.1. The molecule has 1 aromatic carbocycles. The van der Waals surface area contributed by atoms with Crippen LogP contribution in [-0.2, 0) is 6.42 Å². The van der Waals surface area contributed by atoms with Crippen LogP contribution in [0.3, 0.4) is 0 Å². The van der Waals surface area contributed by atoms with E-state index in [1.807, 2.05) is 11.0 Å². The molecule has 120 valence electrons. The maximum atomic E-state index is 12.2. The summed E-state index contributed by atoms with van der Waals surface area (Å²) in [5.41, 5.74) is 1.30. The molecule has 1 aromatic heterocycles. The van der Waals surface area contributed by atoms with Crippen molar-refractivity contribution in [2.24, 2.45) is 5.92 Å². The van der Waals surface area contributed by atoms with Crippen molar-refractivity contribution in [2.45, 2.75) is 25.2 Å². The Morgan fingerprint density at radius 3 is 2.87 bits per heavy atom. The van der Waals surface area contributed by atoms with Gasteiger partial charge in [0.25, 0.3) is 0 Å². The highest BCUT2D eigenvalue weighted by atomic mass is 79.9. The predicted octanol–water partition coefficient (Wildman–Crippen LogP) is 3.88. The average Bonchev–Trinajstić information content (AvgIpc) is 3.24. The molecule has 0 spiro atoms. The van der Waals surface area contributed by atoms with Gasteiger partial charge in [-0.1, -0.05) is 34.1 Å². The van der Waals surface area contributed by atoms with Crippen LogP contribution in [0.4, 0.5) is 9.93 Å². The van der Waals surface area contributed by atoms with Gasteiger partial charge in [-0.25, -0.2) is 9.78 Å². The van der Waals surface area contributed by atoms with Crippen LogP contribution in [0.1, 0.15) is 30.1 Å². The van der Waals surface area contributed by atoms with E-state index in [1.54, 1.807) is 0 Å². The summed E-state index contributed by atoms with van der Waals surface area (Å²) < 4.78 is 5.45. The summed E-state index contributed by atoms with van der Waals surface area (Å²) in [6, 6.07) is 8.20. The molecule has 2 heterocycles. The van der Waals surface area contributed by atoms with E-state index in [4.69, 9.17) is 0 Å². The summed E-state index contributed by atoms with van der Waals surface area (Å²) in [5, 5.41) is 3.48. The maximum absolute atomic E-state index is 12.2. The Kier molecular flexibility index (Phi) is 4.07. The molecule has 1 saturated heterocycles. The molecule has 2 aromatic rings. The van der Waals surface area contributed by atoms with Crippen LogP contribution in [0.25, 0.3) is 0 Å². The standard InChI is InChI=1S/C16H17BrN4OS/c17-13-4-2-1-3-12(13)7-10-8-21(9-10)16(22)19-15-18-14(20-23-15)11-5-6-11/h1-4,10-11H,5-9H2,(H,18,19,20,22). The molecule has 0 atom stereocenters. The molecule has 0 bridgehead atoms. The molecule has 0 radical (unpaired) electrons. The van der Waals surface area contributed by atoms with Crippen molar-refractivity contribution in [3.63, 3.8) is 0 Å². The van der Waals surface area contributed by atoms with Crippen molar-refractivity contribution in [2.75, 3.05) is 18.4 Å². The second-order valence-corrected chi connectivity index (χ2v) is 7.83. The van der Waals surface area contributed by atoms with E-state index in [0.717, 1.165) is 29.8 Å². The van der Waals surface area contributed by atoms with Gasteiger partial charge in [0.2, 0.25) is 5.13 Å². The molecule has 0 unspecified atom stereocenters. The van der Waals surface area contributed by atoms with Crippen LogP contribution >= 0.6 is 27.5 Å². The lowest BCUT2D eigenvalue weighted by Gasteiger charge is -2.39. The van der Waals surface area contributed by atoms with E-state index in [2.05, 4.69) is 48.8 Å². The summed E-state index contributed by atoms with van der Waals surface area (Å²) in [6.45, 7) is 1.59. The maximum Gasteiger partial charge on any atom is 0.323 e. The van der Waals surface area contributed by atoms with Crippen LogP contribution in [-0.4, -0.2) is 33.4 Å². The lowest BCUT2D eigenvalue weighted by molar-refractivity contribution is 0.131. The van der Waals surface area contributed by atoms with Crippen LogP contribution in [0.2, 0.25) is 0 Å². The molecule has 5 nitrogen and oxygen atoms in total. The van der Waals surface area contributed by atoms with E-state index in [0.29, 0.717) is 17.0 Å². The number of urea groups is 1. The Morgan fingerprint density at radius 1 is 1.35 bits per heavy atom. The van der Waals surface area contributed by atoms with Gasteiger partial charge in [0, 0.05) is 35.0 Å². The highest BCUT2D eigenvalue weighted by molar-refractivity contribution is 9.10. The highest BCUT2D eigenvalue weighted by Gasteiger charge is 2.32. The Bertz CT molecular complexity index is 724. The van der Waals surface area contributed by atoms with E-state index >= 15 is 0 Å². The van der Waals surface area contributed by atoms with Gasteiger partial charge in [-0.15, -0.1) is 0 Å². The third kappa shape index (κ3) is 3.40. The lowest BCUT2D eigenvalue weighted by atomic mass is 9.92. The second kappa shape index (κ2) is 6.20. The smallest absolute Gasteiger partial charge is 0.323 e. The SMILES string of the molecule is O=C(Nc1nc(C2CC2)ns1)N1CC(Cc2ccccc2Br)C1. The number of carbonyl (C=O) groups excluding carboxylic acids is 1. The minimum absolute atomic E-state index is 0.0631. The van der Waals surface area contributed by atoms with Gasteiger partial charge in [-0.3, -0.25) is 5.32 Å². The third-order valence-corrected chi connectivity index (χ3v) is 5.73. The van der Waals surface area contributed by atoms with Gasteiger partial charge < -0.3 is 4.90 Å². The summed E-state index contributed by atoms with van der Waals surface area (Å²) >= 11 is 4.86. The average molecular weight is 393 g/mol. The van der Waals surface area contributed by atoms with Gasteiger partial charge in [0.1, 0.15) is 5.82 Å².